The highest BCUT2D eigenvalue weighted by Crippen LogP contribution is 2.17. The summed E-state index contributed by atoms with van der Waals surface area (Å²) in [6, 6.07) is 13.2. The summed E-state index contributed by atoms with van der Waals surface area (Å²) in [6.07, 6.45) is 0.244. The van der Waals surface area contributed by atoms with Crippen molar-refractivity contribution in [1.29, 1.82) is 0 Å². The van der Waals surface area contributed by atoms with Crippen LogP contribution in [0, 0.1) is 5.82 Å². The van der Waals surface area contributed by atoms with E-state index in [4.69, 9.17) is 0 Å². The topological polar surface area (TPSA) is 40.6 Å². The second-order valence-electron chi connectivity index (χ2n) is 5.99. The van der Waals surface area contributed by atoms with Crippen molar-refractivity contribution in [2.24, 2.45) is 0 Å². The third-order valence-corrected chi connectivity index (χ3v) is 4.71. The summed E-state index contributed by atoms with van der Waals surface area (Å²) in [5.41, 5.74) is 1.37. The van der Waals surface area contributed by atoms with Gasteiger partial charge in [0.2, 0.25) is 5.91 Å². The SMILES string of the molecule is O=C(Cc1ccc(F)cc1)N1CCN(C(=O)c2ccccc2S)CC1. The van der Waals surface area contributed by atoms with Gasteiger partial charge in [0, 0.05) is 31.1 Å². The first-order chi connectivity index (χ1) is 12.0. The first kappa shape index (κ1) is 17.5. The van der Waals surface area contributed by atoms with Gasteiger partial charge in [-0.3, -0.25) is 9.59 Å². The minimum atomic E-state index is -0.312. The van der Waals surface area contributed by atoms with E-state index in [0.29, 0.717) is 36.6 Å². The molecule has 2 aromatic rings. The predicted molar refractivity (Wildman–Crippen MR) is 96.3 cm³/mol. The Balaban J connectivity index is 1.56. The molecule has 1 aliphatic heterocycles. The number of amides is 2. The maximum atomic E-state index is 12.9. The molecule has 130 valence electrons. The highest BCUT2D eigenvalue weighted by molar-refractivity contribution is 7.80. The van der Waals surface area contributed by atoms with Crippen molar-refractivity contribution in [3.8, 4) is 0 Å². The number of nitrogens with zero attached hydrogens (tertiary/aromatic N) is 2. The third-order valence-electron chi connectivity index (χ3n) is 4.32. The van der Waals surface area contributed by atoms with E-state index in [1.807, 2.05) is 12.1 Å². The highest BCUT2D eigenvalue weighted by atomic mass is 32.1. The molecule has 0 unspecified atom stereocenters. The molecule has 2 amide bonds. The summed E-state index contributed by atoms with van der Waals surface area (Å²) in [6.45, 7) is 1.99. The van der Waals surface area contributed by atoms with Gasteiger partial charge in [-0.15, -0.1) is 12.6 Å². The third kappa shape index (κ3) is 4.20. The van der Waals surface area contributed by atoms with Crippen LogP contribution in [0.3, 0.4) is 0 Å². The number of rotatable bonds is 3. The number of carbonyl (C=O) groups is 2. The number of thiol groups is 1. The molecule has 0 spiro atoms. The molecule has 6 heteroatoms. The fourth-order valence-corrected chi connectivity index (χ4v) is 3.13. The molecule has 0 bridgehead atoms. The van der Waals surface area contributed by atoms with Gasteiger partial charge < -0.3 is 9.80 Å². The molecule has 1 saturated heterocycles. The molecule has 0 radical (unpaired) electrons. The quantitative estimate of drug-likeness (QED) is 0.857. The molecule has 0 aliphatic carbocycles. The molecular weight excluding hydrogens is 339 g/mol. The minimum Gasteiger partial charge on any atom is -0.339 e. The number of halogens is 1. The fourth-order valence-electron chi connectivity index (χ4n) is 2.87. The largest absolute Gasteiger partial charge is 0.339 e. The summed E-state index contributed by atoms with van der Waals surface area (Å²) in [4.78, 5) is 29.1. The Morgan fingerprint density at radius 1 is 0.920 bits per heavy atom. The lowest BCUT2D eigenvalue weighted by atomic mass is 10.1. The highest BCUT2D eigenvalue weighted by Gasteiger charge is 2.25. The van der Waals surface area contributed by atoms with Crippen LogP contribution in [0.25, 0.3) is 0 Å². The van der Waals surface area contributed by atoms with Gasteiger partial charge in [0.25, 0.3) is 5.91 Å². The molecule has 1 aliphatic rings. The van der Waals surface area contributed by atoms with Crippen molar-refractivity contribution in [3.63, 3.8) is 0 Å². The van der Waals surface area contributed by atoms with E-state index in [1.54, 1.807) is 34.1 Å². The molecular formula is C19H19FN2O2S. The van der Waals surface area contributed by atoms with Crippen LogP contribution in [0.1, 0.15) is 15.9 Å². The molecule has 0 saturated carbocycles. The van der Waals surface area contributed by atoms with Crippen LogP contribution < -0.4 is 0 Å². The lowest BCUT2D eigenvalue weighted by Crippen LogP contribution is -2.51. The maximum Gasteiger partial charge on any atom is 0.255 e. The zero-order valence-electron chi connectivity index (χ0n) is 13.7. The zero-order chi connectivity index (χ0) is 17.8. The number of hydrogen-bond acceptors (Lipinski definition) is 3. The average Bonchev–Trinajstić information content (AvgIpc) is 2.63. The number of carbonyl (C=O) groups excluding carboxylic acids is 2. The number of hydrogen-bond donors (Lipinski definition) is 1. The predicted octanol–water partition coefficient (Wildman–Crippen LogP) is 2.64. The van der Waals surface area contributed by atoms with Crippen LogP contribution >= 0.6 is 12.6 Å². The summed E-state index contributed by atoms with van der Waals surface area (Å²) in [5.74, 6) is -0.377. The van der Waals surface area contributed by atoms with Gasteiger partial charge in [0.05, 0.1) is 12.0 Å². The molecule has 0 N–H and O–H groups in total. The molecule has 3 rings (SSSR count). The van der Waals surface area contributed by atoms with Gasteiger partial charge in [-0.05, 0) is 29.8 Å². The number of piperazine rings is 1. The maximum absolute atomic E-state index is 12.9. The monoisotopic (exact) mass is 358 g/mol. The van der Waals surface area contributed by atoms with Crippen molar-refractivity contribution in [3.05, 3.63) is 65.5 Å². The van der Waals surface area contributed by atoms with Crippen LogP contribution in [0.4, 0.5) is 4.39 Å². The second-order valence-corrected chi connectivity index (χ2v) is 6.48. The van der Waals surface area contributed by atoms with Crippen LogP contribution in [0.15, 0.2) is 53.4 Å². The van der Waals surface area contributed by atoms with E-state index < -0.39 is 0 Å². The minimum absolute atomic E-state index is 0.00620. The fraction of sp³-hybridized carbons (Fsp3) is 0.263. The second kappa shape index (κ2) is 7.70. The van der Waals surface area contributed by atoms with E-state index in [-0.39, 0.29) is 24.1 Å². The van der Waals surface area contributed by atoms with Gasteiger partial charge >= 0.3 is 0 Å². The average molecular weight is 358 g/mol. The Morgan fingerprint density at radius 3 is 2.16 bits per heavy atom. The number of benzene rings is 2. The summed E-state index contributed by atoms with van der Waals surface area (Å²) >= 11 is 4.33. The van der Waals surface area contributed by atoms with Crippen molar-refractivity contribution in [2.45, 2.75) is 11.3 Å². The summed E-state index contributed by atoms with van der Waals surface area (Å²) < 4.78 is 12.9. The lowest BCUT2D eigenvalue weighted by molar-refractivity contribution is -0.131. The van der Waals surface area contributed by atoms with Crippen molar-refractivity contribution in [1.82, 2.24) is 9.80 Å². The van der Waals surface area contributed by atoms with Gasteiger partial charge in [-0.2, -0.15) is 0 Å². The zero-order valence-corrected chi connectivity index (χ0v) is 14.6. The van der Waals surface area contributed by atoms with Gasteiger partial charge in [-0.1, -0.05) is 24.3 Å². The first-order valence-electron chi connectivity index (χ1n) is 8.14. The smallest absolute Gasteiger partial charge is 0.255 e. The molecule has 2 aromatic carbocycles. The van der Waals surface area contributed by atoms with E-state index >= 15 is 0 Å². The first-order valence-corrected chi connectivity index (χ1v) is 8.59. The normalized spacial score (nSPS) is 14.5. The van der Waals surface area contributed by atoms with Crippen LogP contribution in [-0.4, -0.2) is 47.8 Å². The van der Waals surface area contributed by atoms with Crippen LogP contribution in [0.5, 0.6) is 0 Å². The van der Waals surface area contributed by atoms with E-state index in [9.17, 15) is 14.0 Å². The van der Waals surface area contributed by atoms with Crippen molar-refractivity contribution in [2.75, 3.05) is 26.2 Å². The van der Waals surface area contributed by atoms with Crippen molar-refractivity contribution >= 4 is 24.4 Å². The van der Waals surface area contributed by atoms with Gasteiger partial charge in [0.15, 0.2) is 0 Å². The molecule has 0 aromatic heterocycles. The van der Waals surface area contributed by atoms with Crippen molar-refractivity contribution < 1.29 is 14.0 Å². The Hall–Kier alpha value is -2.34. The Bertz CT molecular complexity index is 771. The van der Waals surface area contributed by atoms with Gasteiger partial charge in [-0.25, -0.2) is 4.39 Å². The molecule has 4 nitrogen and oxygen atoms in total. The molecule has 1 heterocycles. The molecule has 1 fully saturated rings. The van der Waals surface area contributed by atoms with Crippen LogP contribution in [0.2, 0.25) is 0 Å². The summed E-state index contributed by atoms with van der Waals surface area (Å²) in [5, 5.41) is 0. The molecule has 0 atom stereocenters. The Labute approximate surface area is 151 Å². The van der Waals surface area contributed by atoms with E-state index in [1.165, 1.54) is 12.1 Å². The Kier molecular flexibility index (Phi) is 5.38. The van der Waals surface area contributed by atoms with Gasteiger partial charge in [0.1, 0.15) is 5.82 Å². The standard InChI is InChI=1S/C19H19FN2O2S/c20-15-7-5-14(6-8-15)13-18(23)21-9-11-22(12-10-21)19(24)16-3-1-2-4-17(16)25/h1-8,25H,9-13H2. The summed E-state index contributed by atoms with van der Waals surface area (Å²) in [7, 11) is 0. The molecule has 25 heavy (non-hydrogen) atoms. The Morgan fingerprint density at radius 2 is 1.52 bits per heavy atom. The van der Waals surface area contributed by atoms with E-state index in [0.717, 1.165) is 5.56 Å². The lowest BCUT2D eigenvalue weighted by Gasteiger charge is -2.35. The van der Waals surface area contributed by atoms with Crippen LogP contribution in [-0.2, 0) is 11.2 Å². The van der Waals surface area contributed by atoms with E-state index in [2.05, 4.69) is 12.6 Å².